The monoisotopic (exact) mass is 310 g/mol. The number of nitrogens with two attached hydrogens (primary N) is 1. The normalized spacial score (nSPS) is 10.7. The van der Waals surface area contributed by atoms with Gasteiger partial charge in [0.05, 0.1) is 5.52 Å². The minimum Gasteiger partial charge on any atom is -0.382 e. The number of benzene rings is 2. The largest absolute Gasteiger partial charge is 0.382 e. The number of aromatic amines is 1. The molecule has 0 spiro atoms. The number of hydrogen-bond acceptors (Lipinski definition) is 3. The molecule has 2 aromatic heterocycles. The van der Waals surface area contributed by atoms with Crippen molar-refractivity contribution in [1.29, 1.82) is 0 Å². The van der Waals surface area contributed by atoms with Crippen LogP contribution in [0.4, 0.5) is 5.82 Å². The van der Waals surface area contributed by atoms with E-state index < -0.39 is 0 Å². The SMILES string of the molecule is Cl.Nc1nc2ccccc2c2nc(Cc3ccccc3)[nH]c12. The molecule has 0 bridgehead atoms. The Morgan fingerprint density at radius 1 is 0.909 bits per heavy atom. The molecule has 0 aliphatic rings. The molecule has 0 aliphatic heterocycles. The molecule has 4 nitrogen and oxygen atoms in total. The van der Waals surface area contributed by atoms with E-state index in [9.17, 15) is 0 Å². The first-order valence-corrected chi connectivity index (χ1v) is 6.88. The summed E-state index contributed by atoms with van der Waals surface area (Å²) in [6.07, 6.45) is 0.753. The van der Waals surface area contributed by atoms with Gasteiger partial charge in [-0.25, -0.2) is 9.97 Å². The highest BCUT2D eigenvalue weighted by atomic mass is 35.5. The van der Waals surface area contributed by atoms with Crippen molar-refractivity contribution in [2.75, 3.05) is 5.73 Å². The van der Waals surface area contributed by atoms with E-state index >= 15 is 0 Å². The van der Waals surface area contributed by atoms with Gasteiger partial charge in [-0.05, 0) is 11.6 Å². The maximum atomic E-state index is 6.05. The molecule has 0 saturated heterocycles. The van der Waals surface area contributed by atoms with Gasteiger partial charge in [0.25, 0.3) is 0 Å². The van der Waals surface area contributed by atoms with Gasteiger partial charge in [-0.1, -0.05) is 48.5 Å². The molecule has 0 radical (unpaired) electrons. The smallest absolute Gasteiger partial charge is 0.150 e. The fourth-order valence-electron chi connectivity index (χ4n) is 2.63. The molecule has 4 rings (SSSR count). The minimum absolute atomic E-state index is 0. The Balaban J connectivity index is 0.00000144. The summed E-state index contributed by atoms with van der Waals surface area (Å²) in [6.45, 7) is 0. The van der Waals surface area contributed by atoms with Gasteiger partial charge in [-0.15, -0.1) is 12.4 Å². The summed E-state index contributed by atoms with van der Waals surface area (Å²) in [5, 5.41) is 1.03. The number of para-hydroxylation sites is 1. The van der Waals surface area contributed by atoms with E-state index in [0.29, 0.717) is 5.82 Å². The second-order valence-corrected chi connectivity index (χ2v) is 5.08. The van der Waals surface area contributed by atoms with Gasteiger partial charge in [0.2, 0.25) is 0 Å². The summed E-state index contributed by atoms with van der Waals surface area (Å²) >= 11 is 0. The number of rotatable bonds is 2. The lowest BCUT2D eigenvalue weighted by molar-refractivity contribution is 1.04. The van der Waals surface area contributed by atoms with Crippen LogP contribution < -0.4 is 5.73 Å². The molecular formula is C17H15ClN4. The van der Waals surface area contributed by atoms with E-state index in [0.717, 1.165) is 34.2 Å². The summed E-state index contributed by atoms with van der Waals surface area (Å²) in [4.78, 5) is 12.5. The van der Waals surface area contributed by atoms with Crippen molar-refractivity contribution in [3.8, 4) is 0 Å². The first-order valence-electron chi connectivity index (χ1n) is 6.88. The number of H-pyrrole nitrogens is 1. The zero-order chi connectivity index (χ0) is 14.2. The molecule has 0 aliphatic carbocycles. The fraction of sp³-hybridized carbons (Fsp3) is 0.0588. The Morgan fingerprint density at radius 2 is 1.64 bits per heavy atom. The third kappa shape index (κ3) is 2.38. The number of halogens is 1. The number of hydrogen-bond donors (Lipinski definition) is 2. The van der Waals surface area contributed by atoms with Crippen LogP contribution in [0.2, 0.25) is 0 Å². The zero-order valence-corrected chi connectivity index (χ0v) is 12.6. The van der Waals surface area contributed by atoms with Crippen LogP contribution in [0.25, 0.3) is 21.9 Å². The van der Waals surface area contributed by atoms with Gasteiger partial charge in [-0.3, -0.25) is 0 Å². The quantitative estimate of drug-likeness (QED) is 0.593. The number of nitrogens with zero attached hydrogens (tertiary/aromatic N) is 2. The highest BCUT2D eigenvalue weighted by molar-refractivity contribution is 6.06. The van der Waals surface area contributed by atoms with Gasteiger partial charge < -0.3 is 10.7 Å². The van der Waals surface area contributed by atoms with E-state index in [1.807, 2.05) is 42.5 Å². The predicted octanol–water partition coefficient (Wildman–Crippen LogP) is 3.71. The van der Waals surface area contributed by atoms with E-state index in [-0.39, 0.29) is 12.4 Å². The van der Waals surface area contributed by atoms with E-state index in [4.69, 9.17) is 10.7 Å². The lowest BCUT2D eigenvalue weighted by atomic mass is 10.1. The van der Waals surface area contributed by atoms with Crippen molar-refractivity contribution in [3.63, 3.8) is 0 Å². The number of aromatic nitrogens is 3. The van der Waals surface area contributed by atoms with Crippen molar-refractivity contribution in [2.45, 2.75) is 6.42 Å². The second kappa shape index (κ2) is 5.66. The topological polar surface area (TPSA) is 67.6 Å². The standard InChI is InChI=1S/C17H14N4.ClH/c18-17-16-15(12-8-4-5-9-13(12)19-17)20-14(21-16)10-11-6-2-1-3-7-11;/h1-9H,10H2,(H2,18,19)(H,20,21);1H. The van der Waals surface area contributed by atoms with Gasteiger partial charge in [0, 0.05) is 11.8 Å². The molecule has 0 unspecified atom stereocenters. The molecule has 4 aromatic rings. The average molecular weight is 311 g/mol. The fourth-order valence-corrected chi connectivity index (χ4v) is 2.63. The van der Waals surface area contributed by atoms with Crippen LogP contribution in [0.5, 0.6) is 0 Å². The Bertz CT molecular complexity index is 931. The molecule has 2 aromatic carbocycles. The van der Waals surface area contributed by atoms with Crippen LogP contribution in [0.3, 0.4) is 0 Å². The third-order valence-electron chi connectivity index (χ3n) is 3.62. The molecule has 110 valence electrons. The Labute approximate surface area is 133 Å². The van der Waals surface area contributed by atoms with Gasteiger partial charge in [0.1, 0.15) is 22.7 Å². The van der Waals surface area contributed by atoms with E-state index in [2.05, 4.69) is 22.1 Å². The summed E-state index contributed by atoms with van der Waals surface area (Å²) in [6, 6.07) is 18.2. The van der Waals surface area contributed by atoms with Gasteiger partial charge in [-0.2, -0.15) is 0 Å². The molecule has 3 N–H and O–H groups in total. The summed E-state index contributed by atoms with van der Waals surface area (Å²) in [7, 11) is 0. The molecule has 2 heterocycles. The summed E-state index contributed by atoms with van der Waals surface area (Å²) in [5.41, 5.74) is 9.85. The predicted molar refractivity (Wildman–Crippen MR) is 92.3 cm³/mol. The Kier molecular flexibility index (Phi) is 3.69. The second-order valence-electron chi connectivity index (χ2n) is 5.08. The first kappa shape index (κ1) is 14.4. The highest BCUT2D eigenvalue weighted by Gasteiger charge is 2.11. The molecule has 0 amide bonds. The van der Waals surface area contributed by atoms with Crippen LogP contribution in [0.15, 0.2) is 54.6 Å². The van der Waals surface area contributed by atoms with Gasteiger partial charge in [0.15, 0.2) is 0 Å². The summed E-state index contributed by atoms with van der Waals surface area (Å²) in [5.74, 6) is 1.40. The van der Waals surface area contributed by atoms with E-state index in [1.54, 1.807) is 0 Å². The van der Waals surface area contributed by atoms with Crippen LogP contribution in [-0.4, -0.2) is 15.0 Å². The lowest BCUT2D eigenvalue weighted by Crippen LogP contribution is -1.93. The Morgan fingerprint density at radius 3 is 2.45 bits per heavy atom. The third-order valence-corrected chi connectivity index (χ3v) is 3.62. The van der Waals surface area contributed by atoms with Crippen molar-refractivity contribution >= 4 is 40.2 Å². The lowest BCUT2D eigenvalue weighted by Gasteiger charge is -1.99. The molecule has 5 heteroatoms. The minimum atomic E-state index is 0. The number of nitrogens with one attached hydrogen (secondary N) is 1. The Hall–Kier alpha value is -2.59. The molecule has 0 saturated carbocycles. The average Bonchev–Trinajstić information content (AvgIpc) is 2.93. The van der Waals surface area contributed by atoms with Crippen molar-refractivity contribution in [3.05, 3.63) is 66.0 Å². The summed E-state index contributed by atoms with van der Waals surface area (Å²) < 4.78 is 0. The van der Waals surface area contributed by atoms with Gasteiger partial charge >= 0.3 is 0 Å². The van der Waals surface area contributed by atoms with Crippen molar-refractivity contribution in [1.82, 2.24) is 15.0 Å². The zero-order valence-electron chi connectivity index (χ0n) is 11.8. The number of imidazole rings is 1. The number of pyridine rings is 1. The number of nitrogen functional groups attached to an aromatic ring is 1. The molecular weight excluding hydrogens is 296 g/mol. The maximum absolute atomic E-state index is 6.05. The first-order chi connectivity index (χ1) is 10.3. The van der Waals surface area contributed by atoms with Crippen LogP contribution in [-0.2, 0) is 6.42 Å². The van der Waals surface area contributed by atoms with Crippen molar-refractivity contribution in [2.24, 2.45) is 0 Å². The van der Waals surface area contributed by atoms with Crippen LogP contribution in [0.1, 0.15) is 11.4 Å². The van der Waals surface area contributed by atoms with Crippen molar-refractivity contribution < 1.29 is 0 Å². The molecule has 0 fully saturated rings. The maximum Gasteiger partial charge on any atom is 0.150 e. The number of anilines is 1. The van der Waals surface area contributed by atoms with E-state index in [1.165, 1.54) is 5.56 Å². The molecule has 0 atom stereocenters. The number of fused-ring (bicyclic) bond motifs is 3. The van der Waals surface area contributed by atoms with Crippen LogP contribution >= 0.6 is 12.4 Å². The highest BCUT2D eigenvalue weighted by Crippen LogP contribution is 2.26. The van der Waals surface area contributed by atoms with Crippen LogP contribution in [0, 0.1) is 0 Å². The molecule has 22 heavy (non-hydrogen) atoms.